The Morgan fingerprint density at radius 1 is 1.33 bits per heavy atom. The molecule has 1 unspecified atom stereocenters. The zero-order valence-electron chi connectivity index (χ0n) is 7.80. The van der Waals surface area contributed by atoms with Crippen molar-refractivity contribution in [3.63, 3.8) is 0 Å². The van der Waals surface area contributed by atoms with Crippen LogP contribution in [0.3, 0.4) is 0 Å². The van der Waals surface area contributed by atoms with Gasteiger partial charge in [-0.05, 0) is 12.3 Å². The van der Waals surface area contributed by atoms with Gasteiger partial charge in [0.15, 0.2) is 5.78 Å². The summed E-state index contributed by atoms with van der Waals surface area (Å²) >= 11 is 0. The molecule has 0 aromatic carbocycles. The summed E-state index contributed by atoms with van der Waals surface area (Å²) in [5, 5.41) is 0. The second-order valence-electron chi connectivity index (χ2n) is 3.51. The Balaban J connectivity index is 2.63. The first kappa shape index (κ1) is 9.43. The topological polar surface area (TPSA) is 34.1 Å². The molecule has 0 radical (unpaired) electrons. The lowest BCUT2D eigenvalue weighted by Gasteiger charge is -2.17. The Morgan fingerprint density at radius 2 is 1.92 bits per heavy atom. The summed E-state index contributed by atoms with van der Waals surface area (Å²) in [6, 6.07) is 0. The standard InChI is InChI=1S/C10H16O2/c1-3-7(4-2)8-5-6-9(11)10(8)12/h7-8H,3-6H2,1-2H3. The van der Waals surface area contributed by atoms with E-state index in [1.54, 1.807) is 0 Å². The Hall–Kier alpha value is -0.660. The summed E-state index contributed by atoms with van der Waals surface area (Å²) in [5.41, 5.74) is 0. The Labute approximate surface area is 73.3 Å². The SMILES string of the molecule is CCC(CC)C1CCC(=O)C1=O. The monoisotopic (exact) mass is 168 g/mol. The predicted octanol–water partition coefficient (Wildman–Crippen LogP) is 1.97. The van der Waals surface area contributed by atoms with Gasteiger partial charge in [0.25, 0.3) is 0 Å². The molecule has 12 heavy (non-hydrogen) atoms. The summed E-state index contributed by atoms with van der Waals surface area (Å²) in [6.45, 7) is 4.18. The summed E-state index contributed by atoms with van der Waals surface area (Å²) in [6.07, 6.45) is 3.31. The maximum atomic E-state index is 11.3. The normalized spacial score (nSPS) is 24.1. The largest absolute Gasteiger partial charge is 0.291 e. The second kappa shape index (κ2) is 3.83. The van der Waals surface area contributed by atoms with Crippen LogP contribution in [0, 0.1) is 11.8 Å². The molecule has 1 rings (SSSR count). The Bertz CT molecular complexity index is 192. The Morgan fingerprint density at radius 3 is 2.25 bits per heavy atom. The van der Waals surface area contributed by atoms with E-state index >= 15 is 0 Å². The van der Waals surface area contributed by atoms with Crippen LogP contribution in [-0.2, 0) is 9.59 Å². The van der Waals surface area contributed by atoms with Gasteiger partial charge in [-0.2, -0.15) is 0 Å². The third-order valence-electron chi connectivity index (χ3n) is 2.91. The van der Waals surface area contributed by atoms with Crippen molar-refractivity contribution in [2.24, 2.45) is 11.8 Å². The van der Waals surface area contributed by atoms with Gasteiger partial charge in [0.2, 0.25) is 5.78 Å². The molecular weight excluding hydrogens is 152 g/mol. The van der Waals surface area contributed by atoms with E-state index in [9.17, 15) is 9.59 Å². The molecule has 0 aliphatic heterocycles. The van der Waals surface area contributed by atoms with Crippen LogP contribution in [0.2, 0.25) is 0 Å². The molecule has 0 amide bonds. The molecule has 1 aliphatic rings. The maximum absolute atomic E-state index is 11.3. The van der Waals surface area contributed by atoms with Crippen LogP contribution in [0.1, 0.15) is 39.5 Å². The molecule has 68 valence electrons. The third-order valence-corrected chi connectivity index (χ3v) is 2.91. The maximum Gasteiger partial charge on any atom is 0.201 e. The molecule has 0 N–H and O–H groups in total. The zero-order chi connectivity index (χ0) is 9.14. The highest BCUT2D eigenvalue weighted by atomic mass is 16.2. The molecule has 1 atom stereocenters. The summed E-state index contributed by atoms with van der Waals surface area (Å²) in [4.78, 5) is 22.3. The van der Waals surface area contributed by atoms with E-state index in [0.29, 0.717) is 12.3 Å². The van der Waals surface area contributed by atoms with Gasteiger partial charge >= 0.3 is 0 Å². The first-order chi connectivity index (χ1) is 5.70. The van der Waals surface area contributed by atoms with Crippen LogP contribution in [0.4, 0.5) is 0 Å². The highest BCUT2D eigenvalue weighted by Gasteiger charge is 2.36. The molecule has 0 spiro atoms. The van der Waals surface area contributed by atoms with Crippen molar-refractivity contribution >= 4 is 11.6 Å². The smallest absolute Gasteiger partial charge is 0.201 e. The quantitative estimate of drug-likeness (QED) is 0.604. The van der Waals surface area contributed by atoms with Crippen LogP contribution in [0.25, 0.3) is 0 Å². The highest BCUT2D eigenvalue weighted by Crippen LogP contribution is 2.30. The van der Waals surface area contributed by atoms with Crippen molar-refractivity contribution in [3.8, 4) is 0 Å². The molecule has 1 aliphatic carbocycles. The van der Waals surface area contributed by atoms with E-state index in [1.807, 2.05) is 0 Å². The van der Waals surface area contributed by atoms with Gasteiger partial charge in [-0.25, -0.2) is 0 Å². The van der Waals surface area contributed by atoms with E-state index in [4.69, 9.17) is 0 Å². The van der Waals surface area contributed by atoms with Crippen LogP contribution < -0.4 is 0 Å². The fourth-order valence-corrected chi connectivity index (χ4v) is 2.06. The minimum absolute atomic E-state index is 0.0486. The molecule has 0 heterocycles. The van der Waals surface area contributed by atoms with Crippen molar-refractivity contribution in [3.05, 3.63) is 0 Å². The van der Waals surface area contributed by atoms with Gasteiger partial charge in [0, 0.05) is 12.3 Å². The molecule has 0 aromatic heterocycles. The van der Waals surface area contributed by atoms with Crippen molar-refractivity contribution in [2.75, 3.05) is 0 Å². The van der Waals surface area contributed by atoms with Crippen molar-refractivity contribution in [1.29, 1.82) is 0 Å². The minimum Gasteiger partial charge on any atom is -0.291 e. The molecular formula is C10H16O2. The molecule has 1 fully saturated rings. The number of hydrogen-bond donors (Lipinski definition) is 0. The first-order valence-corrected chi connectivity index (χ1v) is 4.77. The van der Waals surface area contributed by atoms with Gasteiger partial charge in [0.1, 0.15) is 0 Å². The van der Waals surface area contributed by atoms with Crippen LogP contribution >= 0.6 is 0 Å². The fraction of sp³-hybridized carbons (Fsp3) is 0.800. The summed E-state index contributed by atoms with van der Waals surface area (Å²) in [7, 11) is 0. The number of carbonyl (C=O) groups excluding carboxylic acids is 2. The Kier molecular flexibility index (Phi) is 3.01. The van der Waals surface area contributed by atoms with Gasteiger partial charge in [-0.1, -0.05) is 26.7 Å². The summed E-state index contributed by atoms with van der Waals surface area (Å²) in [5.74, 6) is 0.229. The number of ketones is 2. The third kappa shape index (κ3) is 1.57. The average molecular weight is 168 g/mol. The predicted molar refractivity (Wildman–Crippen MR) is 46.8 cm³/mol. The van der Waals surface area contributed by atoms with E-state index < -0.39 is 0 Å². The van der Waals surface area contributed by atoms with Gasteiger partial charge in [0.05, 0.1) is 0 Å². The van der Waals surface area contributed by atoms with Gasteiger partial charge < -0.3 is 0 Å². The first-order valence-electron chi connectivity index (χ1n) is 4.77. The second-order valence-corrected chi connectivity index (χ2v) is 3.51. The molecule has 0 aromatic rings. The van der Waals surface area contributed by atoms with Crippen LogP contribution in [0.5, 0.6) is 0 Å². The molecule has 2 heteroatoms. The fourth-order valence-electron chi connectivity index (χ4n) is 2.06. The van der Waals surface area contributed by atoms with Gasteiger partial charge in [-0.15, -0.1) is 0 Å². The van der Waals surface area contributed by atoms with E-state index in [2.05, 4.69) is 13.8 Å². The van der Waals surface area contributed by atoms with Gasteiger partial charge in [-0.3, -0.25) is 9.59 Å². The number of Topliss-reactive ketones (excluding diaryl/α,β-unsaturated/α-hetero) is 2. The van der Waals surface area contributed by atoms with Crippen LogP contribution in [0.15, 0.2) is 0 Å². The van der Waals surface area contributed by atoms with Crippen molar-refractivity contribution in [2.45, 2.75) is 39.5 Å². The number of rotatable bonds is 3. The van der Waals surface area contributed by atoms with E-state index in [1.165, 1.54) is 0 Å². The lowest BCUT2D eigenvalue weighted by molar-refractivity contribution is -0.136. The van der Waals surface area contributed by atoms with E-state index in [-0.39, 0.29) is 17.5 Å². The lowest BCUT2D eigenvalue weighted by atomic mass is 9.86. The average Bonchev–Trinajstić information content (AvgIpc) is 2.38. The zero-order valence-corrected chi connectivity index (χ0v) is 7.80. The molecule has 0 saturated heterocycles. The van der Waals surface area contributed by atoms with E-state index in [0.717, 1.165) is 19.3 Å². The molecule has 2 nitrogen and oxygen atoms in total. The van der Waals surface area contributed by atoms with Crippen LogP contribution in [-0.4, -0.2) is 11.6 Å². The minimum atomic E-state index is -0.146. The van der Waals surface area contributed by atoms with Crippen molar-refractivity contribution in [1.82, 2.24) is 0 Å². The van der Waals surface area contributed by atoms with Crippen molar-refractivity contribution < 1.29 is 9.59 Å². The molecule has 0 bridgehead atoms. The summed E-state index contributed by atoms with van der Waals surface area (Å²) < 4.78 is 0. The lowest BCUT2D eigenvalue weighted by Crippen LogP contribution is -2.21. The molecule has 1 saturated carbocycles. The highest BCUT2D eigenvalue weighted by molar-refractivity contribution is 6.39. The number of hydrogen-bond acceptors (Lipinski definition) is 2. The number of carbonyl (C=O) groups is 2.